The van der Waals surface area contributed by atoms with E-state index in [-0.39, 0.29) is 0 Å². The number of carbonyl (C=O) groups excluding carboxylic acids is 1. The van der Waals surface area contributed by atoms with E-state index in [0.29, 0.717) is 29.6 Å². The number of hydrogen-bond donors (Lipinski definition) is 0. The van der Waals surface area contributed by atoms with Gasteiger partial charge in [0.25, 0.3) is 0 Å². The smallest absolute Gasteiger partial charge is 0.358 e. The molecule has 3 aromatic rings. The van der Waals surface area contributed by atoms with E-state index in [0.717, 1.165) is 22.6 Å². The first-order valence-corrected chi connectivity index (χ1v) is 7.91. The minimum Gasteiger partial charge on any atom is -0.461 e. The van der Waals surface area contributed by atoms with Crippen LogP contribution in [-0.4, -0.2) is 37.1 Å². The van der Waals surface area contributed by atoms with Gasteiger partial charge in [0.05, 0.1) is 35.9 Å². The van der Waals surface area contributed by atoms with E-state index in [1.54, 1.807) is 17.9 Å². The van der Waals surface area contributed by atoms with Crippen LogP contribution in [0.5, 0.6) is 0 Å². The van der Waals surface area contributed by atoms with E-state index in [1.165, 1.54) is 0 Å². The average Bonchev–Trinajstić information content (AvgIpc) is 3.09. The van der Waals surface area contributed by atoms with Crippen molar-refractivity contribution in [1.82, 2.24) is 24.5 Å². The molecule has 0 atom stereocenters. The van der Waals surface area contributed by atoms with Crippen LogP contribution in [0.2, 0.25) is 5.02 Å². The zero-order valence-corrected chi connectivity index (χ0v) is 13.9. The quantitative estimate of drug-likeness (QED) is 0.523. The normalized spacial score (nSPS) is 12.1. The molecule has 0 aliphatic carbocycles. The molecule has 0 fully saturated rings. The van der Waals surface area contributed by atoms with Gasteiger partial charge in [-0.05, 0) is 32.0 Å². The first-order valence-electron chi connectivity index (χ1n) is 7.54. The predicted molar refractivity (Wildman–Crippen MR) is 87.4 cm³/mol. The van der Waals surface area contributed by atoms with E-state index in [4.69, 9.17) is 16.3 Å². The van der Waals surface area contributed by atoms with Crippen LogP contribution in [0.4, 0.5) is 0 Å². The zero-order valence-electron chi connectivity index (χ0n) is 13.2. The minimum atomic E-state index is -0.443. The van der Waals surface area contributed by atoms with E-state index < -0.39 is 5.97 Å². The molecule has 1 aromatic carbocycles. The largest absolute Gasteiger partial charge is 0.461 e. The molecule has 7 nitrogen and oxygen atoms in total. The highest BCUT2D eigenvalue weighted by Crippen LogP contribution is 2.35. The molecule has 0 saturated heterocycles. The van der Waals surface area contributed by atoms with E-state index >= 15 is 0 Å². The number of nitrogens with zero attached hydrogens (tertiary/aromatic N) is 5. The molecule has 24 heavy (non-hydrogen) atoms. The molecule has 4 rings (SSSR count). The van der Waals surface area contributed by atoms with Crippen molar-refractivity contribution >= 4 is 17.6 Å². The van der Waals surface area contributed by atoms with Gasteiger partial charge in [-0.25, -0.2) is 14.5 Å². The van der Waals surface area contributed by atoms with Gasteiger partial charge in [-0.2, -0.15) is 0 Å². The molecule has 0 spiro atoms. The second-order valence-corrected chi connectivity index (χ2v) is 5.91. The van der Waals surface area contributed by atoms with E-state index in [9.17, 15) is 4.79 Å². The van der Waals surface area contributed by atoms with Crippen molar-refractivity contribution in [1.29, 1.82) is 0 Å². The van der Waals surface area contributed by atoms with Crippen molar-refractivity contribution in [2.45, 2.75) is 20.4 Å². The molecule has 0 N–H and O–H groups in total. The lowest BCUT2D eigenvalue weighted by Crippen LogP contribution is -2.12. The van der Waals surface area contributed by atoms with Crippen LogP contribution in [-0.2, 0) is 11.3 Å². The number of ether oxygens (including phenoxy) is 1. The maximum atomic E-state index is 12.2. The Labute approximate surface area is 142 Å². The van der Waals surface area contributed by atoms with Crippen LogP contribution in [0.15, 0.2) is 24.5 Å². The molecule has 3 heterocycles. The summed E-state index contributed by atoms with van der Waals surface area (Å²) < 4.78 is 8.75. The second kappa shape index (κ2) is 5.45. The Kier molecular flexibility index (Phi) is 3.38. The Morgan fingerprint density at radius 3 is 3.04 bits per heavy atom. The summed E-state index contributed by atoms with van der Waals surface area (Å²) in [4.78, 5) is 16.5. The van der Waals surface area contributed by atoms with Crippen LogP contribution in [0.1, 0.15) is 28.8 Å². The van der Waals surface area contributed by atoms with Crippen molar-refractivity contribution < 1.29 is 9.53 Å². The van der Waals surface area contributed by atoms with Gasteiger partial charge in [-0.3, -0.25) is 4.57 Å². The third kappa shape index (κ3) is 2.12. The Bertz CT molecular complexity index is 960. The molecule has 0 unspecified atom stereocenters. The number of benzene rings is 1. The van der Waals surface area contributed by atoms with Crippen LogP contribution in [0.3, 0.4) is 0 Å². The molecule has 0 bridgehead atoms. The number of fused-ring (bicyclic) bond motifs is 5. The number of carbonyl (C=O) groups is 1. The number of aromatic nitrogens is 5. The number of halogens is 1. The van der Waals surface area contributed by atoms with Crippen LogP contribution < -0.4 is 0 Å². The highest BCUT2D eigenvalue weighted by atomic mass is 35.5. The van der Waals surface area contributed by atoms with Gasteiger partial charge in [0, 0.05) is 10.6 Å². The summed E-state index contributed by atoms with van der Waals surface area (Å²) in [5, 5.41) is 8.98. The van der Waals surface area contributed by atoms with Crippen molar-refractivity contribution in [2.75, 3.05) is 6.61 Å². The Hall–Kier alpha value is -2.67. The van der Waals surface area contributed by atoms with Gasteiger partial charge < -0.3 is 4.74 Å². The van der Waals surface area contributed by atoms with Gasteiger partial charge in [0.2, 0.25) is 0 Å². The molecule has 0 saturated carbocycles. The third-order valence-corrected chi connectivity index (χ3v) is 4.25. The Morgan fingerprint density at radius 1 is 1.42 bits per heavy atom. The second-order valence-electron chi connectivity index (χ2n) is 5.47. The zero-order chi connectivity index (χ0) is 16.8. The molecule has 8 heteroatoms. The number of imidazole rings is 1. The lowest BCUT2D eigenvalue weighted by Gasteiger charge is -2.09. The summed E-state index contributed by atoms with van der Waals surface area (Å²) in [5.74, 6) is -0.443. The molecule has 1 aliphatic rings. The van der Waals surface area contributed by atoms with Gasteiger partial charge >= 0.3 is 5.97 Å². The lowest BCUT2D eigenvalue weighted by molar-refractivity contribution is 0.0518. The van der Waals surface area contributed by atoms with Crippen LogP contribution >= 0.6 is 11.6 Å². The minimum absolute atomic E-state index is 0.291. The predicted octanol–water partition coefficient (Wildman–Crippen LogP) is 2.63. The fourth-order valence-corrected chi connectivity index (χ4v) is 3.17. The molecule has 2 aromatic heterocycles. The van der Waals surface area contributed by atoms with E-state index in [1.807, 2.05) is 29.7 Å². The molecule has 0 amide bonds. The number of aryl methyl sites for hydroxylation is 1. The van der Waals surface area contributed by atoms with Gasteiger partial charge in [-0.15, -0.1) is 5.10 Å². The standard InChI is InChI=1S/C16H14ClN5O2/c1-3-24-16(23)14-13-7-22-15(9(2)19-20-22)11-6-10(17)4-5-12(11)21(13)8-18-14/h4-6,8H,3,7H2,1-2H3. The fraction of sp³-hybridized carbons (Fsp3) is 0.250. The van der Waals surface area contributed by atoms with Gasteiger partial charge in [-0.1, -0.05) is 16.8 Å². The molecular formula is C16H14ClN5O2. The molecule has 1 aliphatic heterocycles. The number of rotatable bonds is 2. The lowest BCUT2D eigenvalue weighted by atomic mass is 10.1. The first-order chi connectivity index (χ1) is 11.6. The number of hydrogen-bond acceptors (Lipinski definition) is 5. The monoisotopic (exact) mass is 343 g/mol. The summed E-state index contributed by atoms with van der Waals surface area (Å²) in [7, 11) is 0. The van der Waals surface area contributed by atoms with Crippen molar-refractivity contribution in [2.24, 2.45) is 0 Å². The maximum absolute atomic E-state index is 12.2. The van der Waals surface area contributed by atoms with Gasteiger partial charge in [0.1, 0.15) is 6.33 Å². The first kappa shape index (κ1) is 14.9. The number of esters is 1. The van der Waals surface area contributed by atoms with E-state index in [2.05, 4.69) is 15.3 Å². The van der Waals surface area contributed by atoms with Crippen molar-refractivity contribution in [3.63, 3.8) is 0 Å². The van der Waals surface area contributed by atoms with Crippen LogP contribution in [0.25, 0.3) is 16.9 Å². The van der Waals surface area contributed by atoms with Crippen molar-refractivity contribution in [3.8, 4) is 16.9 Å². The summed E-state index contributed by atoms with van der Waals surface area (Å²) in [6.45, 7) is 4.33. The summed E-state index contributed by atoms with van der Waals surface area (Å²) in [6, 6.07) is 5.58. The highest BCUT2D eigenvalue weighted by molar-refractivity contribution is 6.31. The van der Waals surface area contributed by atoms with Gasteiger partial charge in [0.15, 0.2) is 5.69 Å². The van der Waals surface area contributed by atoms with Crippen molar-refractivity contribution in [3.05, 3.63) is 46.6 Å². The molecule has 0 radical (unpaired) electrons. The Morgan fingerprint density at radius 2 is 2.25 bits per heavy atom. The summed E-state index contributed by atoms with van der Waals surface area (Å²) in [5.41, 5.74) is 4.46. The summed E-state index contributed by atoms with van der Waals surface area (Å²) >= 11 is 6.19. The Balaban J connectivity index is 2.00. The van der Waals surface area contributed by atoms with Crippen LogP contribution in [0, 0.1) is 6.92 Å². The molecule has 122 valence electrons. The fourth-order valence-electron chi connectivity index (χ4n) is 3.00. The topological polar surface area (TPSA) is 74.8 Å². The SMILES string of the molecule is CCOC(=O)c1ncn2c1Cn1nnc(C)c1-c1cc(Cl)ccc1-2. The average molecular weight is 344 g/mol. The third-order valence-electron chi connectivity index (χ3n) is 4.01. The summed E-state index contributed by atoms with van der Waals surface area (Å²) in [6.07, 6.45) is 1.63. The highest BCUT2D eigenvalue weighted by Gasteiger charge is 2.27. The maximum Gasteiger partial charge on any atom is 0.358 e. The molecular weight excluding hydrogens is 330 g/mol.